The molecule has 1 unspecified atom stereocenters. The number of allylic oxidation sites excluding steroid dienone is 1. The first-order chi connectivity index (χ1) is 16.3. The molecule has 0 radical (unpaired) electrons. The summed E-state index contributed by atoms with van der Waals surface area (Å²) >= 11 is 13.1. The van der Waals surface area contributed by atoms with Crippen LogP contribution in [-0.2, 0) is 11.3 Å². The van der Waals surface area contributed by atoms with Gasteiger partial charge in [0.15, 0.2) is 11.0 Å². The first-order valence-electron chi connectivity index (χ1n) is 10.2. The van der Waals surface area contributed by atoms with E-state index in [4.69, 9.17) is 27.9 Å². The van der Waals surface area contributed by atoms with Gasteiger partial charge in [-0.2, -0.15) is 0 Å². The Kier molecular flexibility index (Phi) is 8.98. The van der Waals surface area contributed by atoms with Crippen LogP contribution in [0.5, 0.6) is 5.75 Å². The molecule has 2 N–H and O–H groups in total. The summed E-state index contributed by atoms with van der Waals surface area (Å²) in [6.07, 6.45) is 1.70. The van der Waals surface area contributed by atoms with E-state index >= 15 is 0 Å². The average molecular weight is 520 g/mol. The third-order valence-corrected chi connectivity index (χ3v) is 6.39. The molecule has 2 aromatic carbocycles. The Morgan fingerprint density at radius 3 is 2.56 bits per heavy atom. The fourth-order valence-corrected chi connectivity index (χ4v) is 4.07. The van der Waals surface area contributed by atoms with Crippen molar-refractivity contribution in [1.82, 2.24) is 20.1 Å². The van der Waals surface area contributed by atoms with Gasteiger partial charge in [0.2, 0.25) is 5.91 Å². The summed E-state index contributed by atoms with van der Waals surface area (Å²) in [7, 11) is 1.57. The summed E-state index contributed by atoms with van der Waals surface area (Å²) in [4.78, 5) is 25.0. The molecule has 0 spiro atoms. The van der Waals surface area contributed by atoms with E-state index < -0.39 is 6.04 Å². The first-order valence-corrected chi connectivity index (χ1v) is 11.9. The Morgan fingerprint density at radius 2 is 1.91 bits per heavy atom. The van der Waals surface area contributed by atoms with Crippen LogP contribution in [0.15, 0.2) is 60.3 Å². The molecule has 0 aliphatic rings. The van der Waals surface area contributed by atoms with Gasteiger partial charge in [-0.25, -0.2) is 0 Å². The van der Waals surface area contributed by atoms with Crippen LogP contribution in [0.25, 0.3) is 0 Å². The van der Waals surface area contributed by atoms with Gasteiger partial charge in [0.1, 0.15) is 5.75 Å². The van der Waals surface area contributed by atoms with Crippen LogP contribution in [0, 0.1) is 0 Å². The number of nitrogens with zero attached hydrogens (tertiary/aromatic N) is 3. The van der Waals surface area contributed by atoms with Gasteiger partial charge >= 0.3 is 0 Å². The second-order valence-electron chi connectivity index (χ2n) is 7.13. The van der Waals surface area contributed by atoms with Crippen molar-refractivity contribution >= 4 is 52.5 Å². The first kappa shape index (κ1) is 25.6. The lowest BCUT2D eigenvalue weighted by atomic mass is 10.2. The smallest absolute Gasteiger partial charge is 0.251 e. The molecule has 11 heteroatoms. The van der Waals surface area contributed by atoms with Crippen molar-refractivity contribution in [2.24, 2.45) is 0 Å². The molecule has 0 saturated carbocycles. The van der Waals surface area contributed by atoms with E-state index in [1.165, 1.54) is 11.8 Å². The topological polar surface area (TPSA) is 98.1 Å². The van der Waals surface area contributed by atoms with Gasteiger partial charge in [0, 0.05) is 17.8 Å². The maximum absolute atomic E-state index is 12.6. The summed E-state index contributed by atoms with van der Waals surface area (Å²) in [5.74, 6) is 0.828. The highest BCUT2D eigenvalue weighted by Gasteiger charge is 2.20. The number of methoxy groups -OCH3 is 1. The number of thioether (sulfide) groups is 1. The van der Waals surface area contributed by atoms with Crippen LogP contribution < -0.4 is 15.4 Å². The normalized spacial score (nSPS) is 11.5. The Morgan fingerprint density at radius 1 is 1.18 bits per heavy atom. The molecule has 8 nitrogen and oxygen atoms in total. The molecule has 0 aliphatic heterocycles. The number of nitrogens with one attached hydrogen (secondary N) is 2. The lowest BCUT2D eigenvalue weighted by Crippen LogP contribution is -2.28. The van der Waals surface area contributed by atoms with E-state index in [9.17, 15) is 9.59 Å². The third kappa shape index (κ3) is 6.53. The van der Waals surface area contributed by atoms with Gasteiger partial charge in [-0.3, -0.25) is 9.59 Å². The van der Waals surface area contributed by atoms with E-state index in [2.05, 4.69) is 27.4 Å². The highest BCUT2D eigenvalue weighted by atomic mass is 35.5. The number of halogens is 2. The second kappa shape index (κ2) is 11.9. The molecule has 0 aliphatic carbocycles. The highest BCUT2D eigenvalue weighted by Crippen LogP contribution is 2.26. The lowest BCUT2D eigenvalue weighted by Gasteiger charge is -2.15. The summed E-state index contributed by atoms with van der Waals surface area (Å²) in [5, 5.41) is 15.4. The van der Waals surface area contributed by atoms with E-state index in [-0.39, 0.29) is 17.6 Å². The molecule has 3 aromatic rings. The van der Waals surface area contributed by atoms with E-state index in [1.807, 2.05) is 11.5 Å². The van der Waals surface area contributed by atoms with Crippen molar-refractivity contribution in [3.63, 3.8) is 0 Å². The van der Waals surface area contributed by atoms with Crippen LogP contribution in [0.1, 0.15) is 29.1 Å². The van der Waals surface area contributed by atoms with Gasteiger partial charge in [0.05, 0.1) is 28.9 Å². The number of amides is 2. The Labute approximate surface area is 211 Å². The molecular weight excluding hydrogens is 497 g/mol. The van der Waals surface area contributed by atoms with Gasteiger partial charge in [-0.1, -0.05) is 41.0 Å². The fourth-order valence-electron chi connectivity index (χ4n) is 3.02. The molecule has 178 valence electrons. The zero-order valence-corrected chi connectivity index (χ0v) is 20.9. The number of carbonyl (C=O) groups is 2. The monoisotopic (exact) mass is 519 g/mol. The number of aromatic nitrogens is 3. The minimum Gasteiger partial charge on any atom is -0.497 e. The quantitative estimate of drug-likeness (QED) is 0.288. The molecule has 1 atom stereocenters. The molecule has 34 heavy (non-hydrogen) atoms. The van der Waals surface area contributed by atoms with Crippen molar-refractivity contribution in [1.29, 1.82) is 0 Å². The molecular formula is C23H23Cl2N5O3S. The number of ether oxygens (including phenoxy) is 1. The van der Waals surface area contributed by atoms with Crippen LogP contribution in [-0.4, -0.2) is 39.4 Å². The van der Waals surface area contributed by atoms with Gasteiger partial charge in [-0.05, 0) is 49.4 Å². The molecule has 0 bridgehead atoms. The van der Waals surface area contributed by atoms with Crippen molar-refractivity contribution in [3.05, 3.63) is 76.6 Å². The van der Waals surface area contributed by atoms with E-state index in [0.717, 1.165) is 0 Å². The largest absolute Gasteiger partial charge is 0.497 e. The SMILES string of the molecule is C=CCn1c(SCC(=O)Nc2ccc(Cl)c(Cl)c2)nnc1C(C)NC(=O)c1ccc(OC)cc1. The standard InChI is InChI=1S/C23H23Cl2N5O3S/c1-4-11-30-21(14(2)26-22(32)15-5-8-17(33-3)9-6-15)28-29-23(30)34-13-20(31)27-16-7-10-18(24)19(25)12-16/h4-10,12,14H,1,11,13H2,2-3H3,(H,26,32)(H,27,31). The number of hydrogen-bond acceptors (Lipinski definition) is 6. The predicted molar refractivity (Wildman–Crippen MR) is 135 cm³/mol. The van der Waals surface area contributed by atoms with Gasteiger partial charge in [-0.15, -0.1) is 16.8 Å². The third-order valence-electron chi connectivity index (χ3n) is 4.68. The second-order valence-corrected chi connectivity index (χ2v) is 8.89. The fraction of sp³-hybridized carbons (Fsp3) is 0.217. The molecule has 0 fully saturated rings. The molecule has 0 saturated heterocycles. The van der Waals surface area contributed by atoms with Crippen LogP contribution in [0.4, 0.5) is 5.69 Å². The Bertz CT molecular complexity index is 1180. The van der Waals surface area contributed by atoms with E-state index in [0.29, 0.717) is 44.6 Å². The minimum absolute atomic E-state index is 0.0993. The summed E-state index contributed by atoms with van der Waals surface area (Å²) in [6, 6.07) is 11.2. The molecule has 1 aromatic heterocycles. The van der Waals surface area contributed by atoms with E-state index in [1.54, 1.807) is 55.7 Å². The summed E-state index contributed by atoms with van der Waals surface area (Å²) in [5.41, 5.74) is 1.04. The van der Waals surface area contributed by atoms with Crippen molar-refractivity contribution in [2.75, 3.05) is 18.2 Å². The number of benzene rings is 2. The summed E-state index contributed by atoms with van der Waals surface area (Å²) in [6.45, 7) is 6.02. The maximum Gasteiger partial charge on any atom is 0.251 e. The highest BCUT2D eigenvalue weighted by molar-refractivity contribution is 7.99. The van der Waals surface area contributed by atoms with Crippen molar-refractivity contribution < 1.29 is 14.3 Å². The van der Waals surface area contributed by atoms with Crippen molar-refractivity contribution in [3.8, 4) is 5.75 Å². The van der Waals surface area contributed by atoms with Crippen LogP contribution in [0.3, 0.4) is 0 Å². The summed E-state index contributed by atoms with van der Waals surface area (Å²) < 4.78 is 6.93. The predicted octanol–water partition coefficient (Wildman–Crippen LogP) is 5.00. The molecule has 3 rings (SSSR count). The lowest BCUT2D eigenvalue weighted by molar-refractivity contribution is -0.113. The number of hydrogen-bond donors (Lipinski definition) is 2. The number of carbonyl (C=O) groups excluding carboxylic acids is 2. The minimum atomic E-state index is -0.429. The zero-order valence-electron chi connectivity index (χ0n) is 18.5. The zero-order chi connectivity index (χ0) is 24.7. The van der Waals surface area contributed by atoms with Crippen molar-refractivity contribution in [2.45, 2.75) is 24.7 Å². The number of anilines is 1. The number of rotatable bonds is 10. The maximum atomic E-state index is 12.6. The van der Waals surface area contributed by atoms with Crippen LogP contribution in [0.2, 0.25) is 10.0 Å². The average Bonchev–Trinajstić information content (AvgIpc) is 3.23. The van der Waals surface area contributed by atoms with Crippen LogP contribution >= 0.6 is 35.0 Å². The Balaban J connectivity index is 1.65. The molecule has 2 amide bonds. The molecule has 1 heterocycles. The van der Waals surface area contributed by atoms with Gasteiger partial charge in [0.25, 0.3) is 5.91 Å². The Hall–Kier alpha value is -3.01. The van der Waals surface area contributed by atoms with Gasteiger partial charge < -0.3 is 19.9 Å².